The zero-order valence-electron chi connectivity index (χ0n) is 11.3. The lowest BCUT2D eigenvalue weighted by Crippen LogP contribution is -2.05. The summed E-state index contributed by atoms with van der Waals surface area (Å²) in [5.74, 6) is 1.35. The second-order valence-corrected chi connectivity index (χ2v) is 5.48. The van der Waals surface area contributed by atoms with E-state index >= 15 is 0 Å². The largest absolute Gasteiger partial charge is 0.439 e. The van der Waals surface area contributed by atoms with Crippen LogP contribution in [0.5, 0.6) is 11.6 Å². The molecule has 19 heavy (non-hydrogen) atoms. The van der Waals surface area contributed by atoms with E-state index in [0.29, 0.717) is 5.88 Å². The van der Waals surface area contributed by atoms with Crippen LogP contribution in [0, 0.1) is 13.8 Å². The minimum atomic E-state index is -0.0289. The van der Waals surface area contributed by atoms with Crippen molar-refractivity contribution < 1.29 is 4.74 Å². The molecule has 1 aromatic heterocycles. The van der Waals surface area contributed by atoms with Gasteiger partial charge in [-0.3, -0.25) is 0 Å². The average Bonchev–Trinajstić information content (AvgIpc) is 2.36. The van der Waals surface area contributed by atoms with Gasteiger partial charge in [0.1, 0.15) is 5.75 Å². The summed E-state index contributed by atoms with van der Waals surface area (Å²) in [5.41, 5.74) is 9.14. The Morgan fingerprint density at radius 2 is 1.84 bits per heavy atom. The number of nitrogens with zero attached hydrogens (tertiary/aromatic N) is 1. The van der Waals surface area contributed by atoms with E-state index in [2.05, 4.69) is 20.9 Å². The second-order valence-electron chi connectivity index (χ2n) is 4.69. The molecule has 0 amide bonds. The van der Waals surface area contributed by atoms with Crippen LogP contribution in [0.25, 0.3) is 0 Å². The fourth-order valence-electron chi connectivity index (χ4n) is 1.85. The third kappa shape index (κ3) is 3.33. The molecule has 100 valence electrons. The first-order valence-corrected chi connectivity index (χ1v) is 6.93. The van der Waals surface area contributed by atoms with Crippen molar-refractivity contribution in [1.82, 2.24) is 4.98 Å². The van der Waals surface area contributed by atoms with Crippen LogP contribution in [-0.4, -0.2) is 4.98 Å². The molecule has 0 bridgehead atoms. The molecule has 0 fully saturated rings. The number of benzene rings is 1. The van der Waals surface area contributed by atoms with Gasteiger partial charge in [0.25, 0.3) is 0 Å². The molecule has 2 aromatic rings. The smallest absolute Gasteiger partial charge is 0.219 e. The molecule has 2 rings (SSSR count). The summed E-state index contributed by atoms with van der Waals surface area (Å²) in [6.45, 7) is 6.01. The van der Waals surface area contributed by atoms with E-state index in [0.717, 1.165) is 26.9 Å². The van der Waals surface area contributed by atoms with Crippen molar-refractivity contribution in [1.29, 1.82) is 0 Å². The van der Waals surface area contributed by atoms with Gasteiger partial charge in [-0.25, -0.2) is 4.98 Å². The second kappa shape index (κ2) is 5.72. The highest BCUT2D eigenvalue weighted by atomic mass is 79.9. The zero-order chi connectivity index (χ0) is 14.0. The number of pyridine rings is 1. The van der Waals surface area contributed by atoms with E-state index in [4.69, 9.17) is 10.5 Å². The van der Waals surface area contributed by atoms with Gasteiger partial charge in [0.2, 0.25) is 5.88 Å². The molecule has 0 saturated carbocycles. The summed E-state index contributed by atoms with van der Waals surface area (Å²) >= 11 is 3.54. The number of ether oxygens (including phenoxy) is 1. The maximum Gasteiger partial charge on any atom is 0.219 e. The zero-order valence-corrected chi connectivity index (χ0v) is 12.9. The molecular formula is C15H17BrN2O. The number of aryl methyl sites for hydroxylation is 2. The van der Waals surface area contributed by atoms with Gasteiger partial charge in [-0.05, 0) is 55.7 Å². The molecule has 4 heteroatoms. The first-order chi connectivity index (χ1) is 8.97. The van der Waals surface area contributed by atoms with Crippen molar-refractivity contribution in [2.24, 2.45) is 5.73 Å². The first-order valence-electron chi connectivity index (χ1n) is 6.13. The molecule has 0 aliphatic carbocycles. The Morgan fingerprint density at radius 1 is 1.21 bits per heavy atom. The molecule has 0 spiro atoms. The summed E-state index contributed by atoms with van der Waals surface area (Å²) in [6.07, 6.45) is 1.71. The van der Waals surface area contributed by atoms with Crippen molar-refractivity contribution in [3.63, 3.8) is 0 Å². The topological polar surface area (TPSA) is 48.1 Å². The van der Waals surface area contributed by atoms with E-state index in [1.54, 1.807) is 6.20 Å². The molecule has 0 saturated heterocycles. The Morgan fingerprint density at radius 3 is 2.42 bits per heavy atom. The fraction of sp³-hybridized carbons (Fsp3) is 0.267. The predicted molar refractivity (Wildman–Crippen MR) is 80.5 cm³/mol. The summed E-state index contributed by atoms with van der Waals surface area (Å²) in [4.78, 5) is 4.21. The van der Waals surface area contributed by atoms with Gasteiger partial charge in [0.05, 0.1) is 0 Å². The Labute approximate surface area is 121 Å². The summed E-state index contributed by atoms with van der Waals surface area (Å²) in [7, 11) is 0. The molecule has 1 aromatic carbocycles. The molecule has 0 aliphatic rings. The number of rotatable bonds is 3. The molecule has 1 atom stereocenters. The van der Waals surface area contributed by atoms with Crippen LogP contribution in [0.15, 0.2) is 34.9 Å². The van der Waals surface area contributed by atoms with Crippen LogP contribution in [0.3, 0.4) is 0 Å². The first kappa shape index (κ1) is 14.0. The third-order valence-electron chi connectivity index (χ3n) is 2.92. The predicted octanol–water partition coefficient (Wildman–Crippen LogP) is 4.27. The molecule has 2 N–H and O–H groups in total. The molecule has 0 aliphatic heterocycles. The standard InChI is InChI=1S/C15H17BrN2O/c1-9-6-13(7-10(2)15(9)16)19-14-8-12(11(3)17)4-5-18-14/h4-8,11H,17H2,1-3H3. The van der Waals surface area contributed by atoms with Gasteiger partial charge in [0.15, 0.2) is 0 Å². The van der Waals surface area contributed by atoms with Crippen LogP contribution in [0.1, 0.15) is 29.7 Å². The highest BCUT2D eigenvalue weighted by Gasteiger charge is 2.06. The minimum absolute atomic E-state index is 0.0289. The number of aromatic nitrogens is 1. The van der Waals surface area contributed by atoms with Crippen molar-refractivity contribution in [3.8, 4) is 11.6 Å². The highest BCUT2D eigenvalue weighted by Crippen LogP contribution is 2.29. The summed E-state index contributed by atoms with van der Waals surface area (Å²) < 4.78 is 6.91. The van der Waals surface area contributed by atoms with Crippen LogP contribution in [0.4, 0.5) is 0 Å². The minimum Gasteiger partial charge on any atom is -0.439 e. The quantitative estimate of drug-likeness (QED) is 0.918. The van der Waals surface area contributed by atoms with Gasteiger partial charge < -0.3 is 10.5 Å². The monoisotopic (exact) mass is 320 g/mol. The molecule has 0 radical (unpaired) electrons. The average molecular weight is 321 g/mol. The number of halogens is 1. The lowest BCUT2D eigenvalue weighted by atomic mass is 10.1. The molecule has 1 heterocycles. The summed E-state index contributed by atoms with van der Waals surface area (Å²) in [5, 5.41) is 0. The number of hydrogen-bond donors (Lipinski definition) is 1. The Bertz CT molecular complexity index is 573. The van der Waals surface area contributed by atoms with Gasteiger partial charge in [-0.1, -0.05) is 15.9 Å². The number of hydrogen-bond acceptors (Lipinski definition) is 3. The SMILES string of the molecule is Cc1cc(Oc2cc(C(C)N)ccn2)cc(C)c1Br. The third-order valence-corrected chi connectivity index (χ3v) is 4.17. The van der Waals surface area contributed by atoms with Crippen LogP contribution in [0.2, 0.25) is 0 Å². The van der Waals surface area contributed by atoms with Gasteiger partial charge >= 0.3 is 0 Å². The van der Waals surface area contributed by atoms with E-state index < -0.39 is 0 Å². The van der Waals surface area contributed by atoms with Crippen molar-refractivity contribution in [3.05, 3.63) is 51.6 Å². The maximum atomic E-state index is 5.85. The maximum absolute atomic E-state index is 5.85. The van der Waals surface area contributed by atoms with E-state index in [9.17, 15) is 0 Å². The molecular weight excluding hydrogens is 304 g/mol. The lowest BCUT2D eigenvalue weighted by Gasteiger charge is -2.11. The van der Waals surface area contributed by atoms with E-state index in [1.807, 2.05) is 45.0 Å². The van der Waals surface area contributed by atoms with Crippen LogP contribution >= 0.6 is 15.9 Å². The van der Waals surface area contributed by atoms with Crippen molar-refractivity contribution >= 4 is 15.9 Å². The van der Waals surface area contributed by atoms with Crippen LogP contribution < -0.4 is 10.5 Å². The van der Waals surface area contributed by atoms with Gasteiger partial charge in [-0.2, -0.15) is 0 Å². The fourth-order valence-corrected chi connectivity index (χ4v) is 2.08. The van der Waals surface area contributed by atoms with Crippen molar-refractivity contribution in [2.75, 3.05) is 0 Å². The van der Waals surface area contributed by atoms with Crippen molar-refractivity contribution in [2.45, 2.75) is 26.8 Å². The highest BCUT2D eigenvalue weighted by molar-refractivity contribution is 9.10. The molecule has 1 unspecified atom stereocenters. The molecule has 3 nitrogen and oxygen atoms in total. The normalized spacial score (nSPS) is 12.3. The van der Waals surface area contributed by atoms with Crippen LogP contribution in [-0.2, 0) is 0 Å². The Hall–Kier alpha value is -1.39. The Kier molecular flexibility index (Phi) is 4.22. The van der Waals surface area contributed by atoms with E-state index in [-0.39, 0.29) is 6.04 Å². The van der Waals surface area contributed by atoms with E-state index in [1.165, 1.54) is 0 Å². The Balaban J connectivity index is 2.28. The number of nitrogens with two attached hydrogens (primary N) is 1. The lowest BCUT2D eigenvalue weighted by molar-refractivity contribution is 0.460. The van der Waals surface area contributed by atoms with Gasteiger partial charge in [0, 0.05) is 22.8 Å². The summed E-state index contributed by atoms with van der Waals surface area (Å²) in [6, 6.07) is 7.71. The van der Waals surface area contributed by atoms with Gasteiger partial charge in [-0.15, -0.1) is 0 Å².